The van der Waals surface area contributed by atoms with Crippen molar-refractivity contribution in [3.63, 3.8) is 0 Å². The molecule has 0 fully saturated rings. The first-order chi connectivity index (χ1) is 13.2. The highest BCUT2D eigenvalue weighted by Crippen LogP contribution is 2.25. The first-order valence-corrected chi connectivity index (χ1v) is 8.23. The highest BCUT2D eigenvalue weighted by atomic mass is 19.1. The summed E-state index contributed by atoms with van der Waals surface area (Å²) in [5.74, 6) is 1.55. The highest BCUT2D eigenvalue weighted by molar-refractivity contribution is 5.59. The normalized spacial score (nSPS) is 10.7. The number of benzene rings is 2. The van der Waals surface area contributed by atoms with Crippen LogP contribution in [0, 0.1) is 5.82 Å². The fourth-order valence-electron chi connectivity index (χ4n) is 2.52. The van der Waals surface area contributed by atoms with Crippen LogP contribution in [-0.4, -0.2) is 26.4 Å². The van der Waals surface area contributed by atoms with Gasteiger partial charge in [-0.15, -0.1) is 15.3 Å². The maximum atomic E-state index is 14.1. The van der Waals surface area contributed by atoms with Crippen LogP contribution in [0.2, 0.25) is 0 Å². The zero-order valence-electron chi connectivity index (χ0n) is 14.2. The number of nitrogens with zero attached hydrogens (tertiary/aromatic N) is 4. The van der Waals surface area contributed by atoms with Crippen molar-refractivity contribution in [2.24, 2.45) is 0 Å². The van der Waals surface area contributed by atoms with E-state index in [1.807, 2.05) is 0 Å². The minimum Gasteiger partial charge on any atom is -0.490 e. The lowest BCUT2D eigenvalue weighted by molar-refractivity contribution is 0.362. The molecule has 0 bridgehead atoms. The molecule has 0 N–H and O–H groups in total. The Morgan fingerprint density at radius 3 is 2.52 bits per heavy atom. The third kappa shape index (κ3) is 3.48. The maximum Gasteiger partial charge on any atom is 0.237 e. The second kappa shape index (κ2) is 7.25. The molecule has 4 aromatic rings. The molecular formula is C20H15FN4O2. The molecule has 0 spiro atoms. The van der Waals surface area contributed by atoms with Crippen LogP contribution >= 0.6 is 0 Å². The minimum atomic E-state index is -0.393. The number of hydrogen-bond donors (Lipinski definition) is 0. The first-order valence-electron chi connectivity index (χ1n) is 8.23. The Bertz CT molecular complexity index is 1090. The molecule has 0 aliphatic heterocycles. The van der Waals surface area contributed by atoms with Gasteiger partial charge in [-0.05, 0) is 42.5 Å². The van der Waals surface area contributed by atoms with E-state index in [0.29, 0.717) is 41.0 Å². The topological polar surface area (TPSA) is 61.5 Å². The van der Waals surface area contributed by atoms with E-state index in [-0.39, 0.29) is 0 Å². The molecule has 0 saturated heterocycles. The smallest absolute Gasteiger partial charge is 0.237 e. The van der Waals surface area contributed by atoms with Gasteiger partial charge in [0.15, 0.2) is 11.5 Å². The molecule has 0 unspecified atom stereocenters. The number of rotatable bonds is 6. The van der Waals surface area contributed by atoms with Gasteiger partial charge in [-0.2, -0.15) is 4.52 Å². The van der Waals surface area contributed by atoms with Gasteiger partial charge >= 0.3 is 0 Å². The SMILES string of the molecule is C=CCOc1ccc(Oc2ccc3nnc(-c4ccccc4F)n3n2)cc1. The van der Waals surface area contributed by atoms with E-state index in [9.17, 15) is 4.39 Å². The molecule has 4 rings (SSSR count). The zero-order chi connectivity index (χ0) is 18.6. The molecule has 2 aromatic carbocycles. The third-order valence-electron chi connectivity index (χ3n) is 3.77. The molecule has 0 atom stereocenters. The van der Waals surface area contributed by atoms with Crippen molar-refractivity contribution < 1.29 is 13.9 Å². The van der Waals surface area contributed by atoms with Crippen molar-refractivity contribution in [3.8, 4) is 28.8 Å². The molecule has 0 amide bonds. The summed E-state index contributed by atoms with van der Waals surface area (Å²) in [5.41, 5.74) is 0.812. The van der Waals surface area contributed by atoms with Crippen LogP contribution in [0.15, 0.2) is 73.3 Å². The van der Waals surface area contributed by atoms with Crippen LogP contribution in [0.25, 0.3) is 17.0 Å². The maximum absolute atomic E-state index is 14.1. The summed E-state index contributed by atoms with van der Waals surface area (Å²) in [6.45, 7) is 4.05. The average molecular weight is 362 g/mol. The van der Waals surface area contributed by atoms with E-state index in [1.165, 1.54) is 10.6 Å². The largest absolute Gasteiger partial charge is 0.490 e. The quantitative estimate of drug-likeness (QED) is 0.479. The van der Waals surface area contributed by atoms with Crippen LogP contribution in [0.5, 0.6) is 17.4 Å². The van der Waals surface area contributed by atoms with Gasteiger partial charge in [-0.3, -0.25) is 0 Å². The molecule has 2 heterocycles. The summed E-state index contributed by atoms with van der Waals surface area (Å²) in [7, 11) is 0. The van der Waals surface area contributed by atoms with Gasteiger partial charge in [0.25, 0.3) is 0 Å². The summed E-state index contributed by atoms with van der Waals surface area (Å²) in [6.07, 6.45) is 1.68. The molecule has 0 aliphatic rings. The van der Waals surface area contributed by atoms with Gasteiger partial charge in [0, 0.05) is 6.07 Å². The van der Waals surface area contributed by atoms with Crippen LogP contribution in [-0.2, 0) is 0 Å². The van der Waals surface area contributed by atoms with Crippen molar-refractivity contribution in [1.29, 1.82) is 0 Å². The second-order valence-corrected chi connectivity index (χ2v) is 5.62. The molecule has 27 heavy (non-hydrogen) atoms. The Kier molecular flexibility index (Phi) is 4.49. The average Bonchev–Trinajstić information content (AvgIpc) is 3.11. The Morgan fingerprint density at radius 1 is 0.963 bits per heavy atom. The van der Waals surface area contributed by atoms with Crippen LogP contribution in [0.4, 0.5) is 4.39 Å². The van der Waals surface area contributed by atoms with Crippen LogP contribution in [0.3, 0.4) is 0 Å². The highest BCUT2D eigenvalue weighted by Gasteiger charge is 2.14. The lowest BCUT2D eigenvalue weighted by atomic mass is 10.2. The van der Waals surface area contributed by atoms with E-state index < -0.39 is 5.82 Å². The van der Waals surface area contributed by atoms with E-state index in [1.54, 1.807) is 60.7 Å². The van der Waals surface area contributed by atoms with Gasteiger partial charge in [-0.25, -0.2) is 4.39 Å². The standard InChI is InChI=1S/C20H15FN4O2/c1-2-13-26-14-7-9-15(10-8-14)27-19-12-11-18-22-23-20(25(18)24-19)16-5-3-4-6-17(16)21/h2-12H,1,13H2. The summed E-state index contributed by atoms with van der Waals surface area (Å²) in [4.78, 5) is 0. The fourth-order valence-corrected chi connectivity index (χ4v) is 2.52. The predicted octanol–water partition coefficient (Wildman–Crippen LogP) is 4.29. The van der Waals surface area contributed by atoms with Crippen LogP contribution in [0.1, 0.15) is 0 Å². The van der Waals surface area contributed by atoms with Crippen LogP contribution < -0.4 is 9.47 Å². The Morgan fingerprint density at radius 2 is 1.74 bits per heavy atom. The van der Waals surface area contributed by atoms with Crippen molar-refractivity contribution in [1.82, 2.24) is 19.8 Å². The van der Waals surface area contributed by atoms with Crippen molar-refractivity contribution in [3.05, 3.63) is 79.1 Å². The number of fused-ring (bicyclic) bond motifs is 1. The fraction of sp³-hybridized carbons (Fsp3) is 0.0500. The lowest BCUT2D eigenvalue weighted by Gasteiger charge is -2.07. The molecule has 0 saturated carbocycles. The second-order valence-electron chi connectivity index (χ2n) is 5.62. The number of halogens is 1. The van der Waals surface area contributed by atoms with E-state index >= 15 is 0 Å². The minimum absolute atomic E-state index is 0.307. The molecule has 2 aromatic heterocycles. The summed E-state index contributed by atoms with van der Waals surface area (Å²) in [6, 6.07) is 16.9. The molecule has 134 valence electrons. The Labute approximate surface area is 154 Å². The van der Waals surface area contributed by atoms with Crippen molar-refractivity contribution in [2.75, 3.05) is 6.61 Å². The van der Waals surface area contributed by atoms with Gasteiger partial charge in [-0.1, -0.05) is 24.8 Å². The number of aromatic nitrogens is 4. The van der Waals surface area contributed by atoms with Gasteiger partial charge < -0.3 is 9.47 Å². The van der Waals surface area contributed by atoms with Gasteiger partial charge in [0.2, 0.25) is 5.88 Å². The van der Waals surface area contributed by atoms with E-state index in [4.69, 9.17) is 9.47 Å². The van der Waals surface area contributed by atoms with Gasteiger partial charge in [0.1, 0.15) is 23.9 Å². The molecular weight excluding hydrogens is 347 g/mol. The monoisotopic (exact) mass is 362 g/mol. The Hall–Kier alpha value is -3.74. The van der Waals surface area contributed by atoms with E-state index in [2.05, 4.69) is 21.9 Å². The lowest BCUT2D eigenvalue weighted by Crippen LogP contribution is -1.99. The van der Waals surface area contributed by atoms with E-state index in [0.717, 1.165) is 0 Å². The molecule has 6 nitrogen and oxygen atoms in total. The zero-order valence-corrected chi connectivity index (χ0v) is 14.2. The number of hydrogen-bond acceptors (Lipinski definition) is 5. The summed E-state index contributed by atoms with van der Waals surface area (Å²) >= 11 is 0. The summed E-state index contributed by atoms with van der Waals surface area (Å²) in [5, 5.41) is 12.5. The van der Waals surface area contributed by atoms with Crippen molar-refractivity contribution >= 4 is 5.65 Å². The molecule has 0 radical (unpaired) electrons. The first kappa shape index (κ1) is 16.7. The van der Waals surface area contributed by atoms with Crippen molar-refractivity contribution in [2.45, 2.75) is 0 Å². The summed E-state index contributed by atoms with van der Waals surface area (Å²) < 4.78 is 26.8. The molecule has 7 heteroatoms. The number of ether oxygens (including phenoxy) is 2. The molecule has 0 aliphatic carbocycles. The third-order valence-corrected chi connectivity index (χ3v) is 3.77. The van der Waals surface area contributed by atoms with Gasteiger partial charge in [0.05, 0.1) is 5.56 Å². The Balaban J connectivity index is 1.62. The predicted molar refractivity (Wildman–Crippen MR) is 98.4 cm³/mol.